The Morgan fingerprint density at radius 3 is 2.63 bits per heavy atom. The number of anilines is 1. The molecule has 0 aliphatic heterocycles. The second-order valence-electron chi connectivity index (χ2n) is 7.68. The van der Waals surface area contributed by atoms with Crippen LogP contribution in [0.3, 0.4) is 0 Å². The molecule has 1 aliphatic rings. The second-order valence-corrected chi connectivity index (χ2v) is 7.68. The fourth-order valence-electron chi connectivity index (χ4n) is 3.38. The van der Waals surface area contributed by atoms with Crippen molar-refractivity contribution in [3.05, 3.63) is 59.7 Å². The van der Waals surface area contributed by atoms with Gasteiger partial charge >= 0.3 is 0 Å². The lowest BCUT2D eigenvalue weighted by molar-refractivity contribution is -0.120. The Morgan fingerprint density at radius 2 is 1.93 bits per heavy atom. The Bertz CT molecular complexity index is 1060. The van der Waals surface area contributed by atoms with Gasteiger partial charge < -0.3 is 10.6 Å². The molecule has 8 nitrogen and oxygen atoms in total. The van der Waals surface area contributed by atoms with E-state index in [0.29, 0.717) is 17.6 Å². The highest BCUT2D eigenvalue weighted by Gasteiger charge is 2.28. The summed E-state index contributed by atoms with van der Waals surface area (Å²) in [6.45, 7) is 3.45. The van der Waals surface area contributed by atoms with E-state index in [-0.39, 0.29) is 18.2 Å². The summed E-state index contributed by atoms with van der Waals surface area (Å²) in [6, 6.07) is 15.2. The van der Waals surface area contributed by atoms with Crippen LogP contribution >= 0.6 is 0 Å². The largest absolute Gasteiger partial charge is 0.349 e. The lowest BCUT2D eigenvalue weighted by Crippen LogP contribution is -2.29. The molecule has 4 rings (SSSR count). The molecule has 0 saturated heterocycles. The lowest BCUT2D eigenvalue weighted by atomic mass is 10.0. The van der Waals surface area contributed by atoms with E-state index in [0.717, 1.165) is 29.5 Å². The molecule has 30 heavy (non-hydrogen) atoms. The molecule has 1 saturated carbocycles. The molecule has 1 heterocycles. The molecule has 1 aromatic heterocycles. The van der Waals surface area contributed by atoms with Crippen molar-refractivity contribution in [1.82, 2.24) is 25.5 Å². The van der Waals surface area contributed by atoms with Gasteiger partial charge in [-0.2, -0.15) is 0 Å². The van der Waals surface area contributed by atoms with Crippen LogP contribution in [0.2, 0.25) is 0 Å². The van der Waals surface area contributed by atoms with Gasteiger partial charge in [-0.15, -0.1) is 5.10 Å². The quantitative estimate of drug-likeness (QED) is 0.630. The van der Waals surface area contributed by atoms with E-state index in [1.165, 1.54) is 6.92 Å². The maximum atomic E-state index is 12.7. The number of rotatable bonds is 7. The van der Waals surface area contributed by atoms with Crippen molar-refractivity contribution in [2.45, 2.75) is 45.2 Å². The van der Waals surface area contributed by atoms with E-state index in [4.69, 9.17) is 0 Å². The summed E-state index contributed by atoms with van der Waals surface area (Å²) in [4.78, 5) is 24.4. The maximum absolute atomic E-state index is 12.7. The van der Waals surface area contributed by atoms with Gasteiger partial charge in [-0.25, -0.2) is 4.68 Å². The fraction of sp³-hybridized carbons (Fsp3) is 0.318. The highest BCUT2D eigenvalue weighted by atomic mass is 16.2. The van der Waals surface area contributed by atoms with E-state index < -0.39 is 6.04 Å². The third kappa shape index (κ3) is 4.71. The van der Waals surface area contributed by atoms with Gasteiger partial charge in [-0.3, -0.25) is 9.59 Å². The van der Waals surface area contributed by atoms with Crippen LogP contribution in [0.5, 0.6) is 0 Å². The Kier molecular flexibility index (Phi) is 5.56. The van der Waals surface area contributed by atoms with E-state index >= 15 is 0 Å². The summed E-state index contributed by atoms with van der Waals surface area (Å²) in [5.74, 6) is 0.333. The first-order chi connectivity index (χ1) is 14.5. The normalized spacial score (nSPS) is 14.2. The maximum Gasteiger partial charge on any atom is 0.226 e. The molecule has 1 unspecified atom stereocenters. The van der Waals surface area contributed by atoms with Crippen LogP contribution in [0.1, 0.15) is 49.4 Å². The average Bonchev–Trinajstić information content (AvgIpc) is 3.44. The van der Waals surface area contributed by atoms with Gasteiger partial charge in [0, 0.05) is 18.2 Å². The summed E-state index contributed by atoms with van der Waals surface area (Å²) in [7, 11) is 0. The van der Waals surface area contributed by atoms with Crippen LogP contribution in [-0.4, -0.2) is 32.0 Å². The molecule has 2 N–H and O–H groups in total. The fourth-order valence-corrected chi connectivity index (χ4v) is 3.38. The van der Waals surface area contributed by atoms with Gasteiger partial charge in [0.05, 0.1) is 18.5 Å². The zero-order valence-corrected chi connectivity index (χ0v) is 17.0. The summed E-state index contributed by atoms with van der Waals surface area (Å²) in [5.41, 5.74) is 3.52. The number of benzene rings is 2. The highest BCUT2D eigenvalue weighted by Crippen LogP contribution is 2.36. The number of tetrazole rings is 1. The van der Waals surface area contributed by atoms with Crippen molar-refractivity contribution < 1.29 is 9.59 Å². The van der Waals surface area contributed by atoms with Crippen LogP contribution in [-0.2, 0) is 9.59 Å². The van der Waals surface area contributed by atoms with E-state index in [1.807, 2.05) is 60.1 Å². The summed E-state index contributed by atoms with van der Waals surface area (Å²) in [6.07, 6.45) is 2.29. The first kappa shape index (κ1) is 19.8. The minimum Gasteiger partial charge on any atom is -0.349 e. The molecular weight excluding hydrogens is 380 g/mol. The number of carbonyl (C=O) groups is 2. The van der Waals surface area contributed by atoms with Crippen molar-refractivity contribution in [1.29, 1.82) is 0 Å². The molecule has 0 bridgehead atoms. The number of hydrogen-bond acceptors (Lipinski definition) is 5. The van der Waals surface area contributed by atoms with Crippen LogP contribution in [0.15, 0.2) is 48.5 Å². The predicted octanol–water partition coefficient (Wildman–Crippen LogP) is 3.19. The molecule has 0 spiro atoms. The Balaban J connectivity index is 1.48. The summed E-state index contributed by atoms with van der Waals surface area (Å²) >= 11 is 0. The predicted molar refractivity (Wildman–Crippen MR) is 113 cm³/mol. The van der Waals surface area contributed by atoms with Gasteiger partial charge in [-0.05, 0) is 47.9 Å². The van der Waals surface area contributed by atoms with Gasteiger partial charge in [0.25, 0.3) is 0 Å². The molecular formula is C22H24N6O2. The van der Waals surface area contributed by atoms with E-state index in [9.17, 15) is 9.59 Å². The van der Waals surface area contributed by atoms with Gasteiger partial charge in [0.1, 0.15) is 0 Å². The van der Waals surface area contributed by atoms with Crippen LogP contribution in [0.4, 0.5) is 5.69 Å². The van der Waals surface area contributed by atoms with E-state index in [2.05, 4.69) is 26.2 Å². The van der Waals surface area contributed by atoms with Crippen LogP contribution < -0.4 is 10.6 Å². The van der Waals surface area contributed by atoms with Crippen molar-refractivity contribution in [2.24, 2.45) is 0 Å². The zero-order chi connectivity index (χ0) is 21.1. The Labute approximate surface area is 174 Å². The number of nitrogens with zero attached hydrogens (tertiary/aromatic N) is 4. The molecule has 2 aromatic carbocycles. The number of carbonyl (C=O) groups excluding carboxylic acids is 2. The summed E-state index contributed by atoms with van der Waals surface area (Å²) < 4.78 is 1.84. The smallest absolute Gasteiger partial charge is 0.226 e. The van der Waals surface area contributed by atoms with Crippen molar-refractivity contribution in [3.8, 4) is 11.4 Å². The van der Waals surface area contributed by atoms with Crippen molar-refractivity contribution in [2.75, 3.05) is 5.32 Å². The third-order valence-electron chi connectivity index (χ3n) is 5.04. The molecule has 1 atom stereocenters. The number of nitrogens with one attached hydrogen (secondary N) is 2. The van der Waals surface area contributed by atoms with Crippen LogP contribution in [0, 0.1) is 6.92 Å². The average molecular weight is 404 g/mol. The van der Waals surface area contributed by atoms with Gasteiger partial charge in [0.2, 0.25) is 11.8 Å². The molecule has 1 aliphatic carbocycles. The minimum absolute atomic E-state index is 0.132. The lowest BCUT2D eigenvalue weighted by Gasteiger charge is -2.18. The standard InChI is InChI=1S/C22H24N6O2/c1-14-6-8-16(9-7-14)20(23-15(2)29)13-21(30)24-18-5-3-4-17(12-18)22-25-26-27-28(22)19-10-11-19/h3-9,12,19-20H,10-11,13H2,1-2H3,(H,23,29)(H,24,30). The number of aryl methyl sites for hydroxylation is 1. The molecule has 1 fully saturated rings. The first-order valence-electron chi connectivity index (χ1n) is 10.0. The minimum atomic E-state index is -0.395. The molecule has 154 valence electrons. The molecule has 0 radical (unpaired) electrons. The summed E-state index contributed by atoms with van der Waals surface area (Å²) in [5, 5.41) is 17.8. The molecule has 8 heteroatoms. The van der Waals surface area contributed by atoms with Gasteiger partial charge in [-0.1, -0.05) is 42.0 Å². The van der Waals surface area contributed by atoms with Crippen LogP contribution in [0.25, 0.3) is 11.4 Å². The Morgan fingerprint density at radius 1 is 1.17 bits per heavy atom. The van der Waals surface area contributed by atoms with E-state index in [1.54, 1.807) is 0 Å². The van der Waals surface area contributed by atoms with Gasteiger partial charge in [0.15, 0.2) is 5.82 Å². The Hall–Kier alpha value is -3.55. The van der Waals surface area contributed by atoms with Crippen molar-refractivity contribution in [3.63, 3.8) is 0 Å². The first-order valence-corrected chi connectivity index (χ1v) is 10.0. The molecule has 2 amide bonds. The number of hydrogen-bond donors (Lipinski definition) is 2. The second kappa shape index (κ2) is 8.44. The highest BCUT2D eigenvalue weighted by molar-refractivity contribution is 5.92. The monoisotopic (exact) mass is 404 g/mol. The SMILES string of the molecule is CC(=O)NC(CC(=O)Nc1cccc(-c2nnnn2C2CC2)c1)c1ccc(C)cc1. The topological polar surface area (TPSA) is 102 Å². The zero-order valence-electron chi connectivity index (χ0n) is 17.0. The number of aromatic nitrogens is 4. The molecule has 3 aromatic rings. The van der Waals surface area contributed by atoms with Crippen molar-refractivity contribution >= 4 is 17.5 Å². The third-order valence-corrected chi connectivity index (χ3v) is 5.04. The number of amides is 2.